The standard InChI is InChI=1S/C12H11NS/c1-3-9-5-10-4-8(2)14-12(10)6-11(9)7-13/h4-6H,3H2,1-2H3. The highest BCUT2D eigenvalue weighted by Gasteiger charge is 2.04. The van der Waals surface area contributed by atoms with E-state index >= 15 is 0 Å². The van der Waals surface area contributed by atoms with Crippen LogP contribution in [0.5, 0.6) is 0 Å². The van der Waals surface area contributed by atoms with Gasteiger partial charge in [0.1, 0.15) is 0 Å². The molecule has 0 unspecified atom stereocenters. The fourth-order valence-electron chi connectivity index (χ4n) is 1.66. The number of nitrogens with zero attached hydrogens (tertiary/aromatic N) is 1. The van der Waals surface area contributed by atoms with Gasteiger partial charge in [-0.15, -0.1) is 11.3 Å². The van der Waals surface area contributed by atoms with E-state index in [1.54, 1.807) is 11.3 Å². The highest BCUT2D eigenvalue weighted by atomic mass is 32.1. The van der Waals surface area contributed by atoms with Gasteiger partial charge < -0.3 is 0 Å². The van der Waals surface area contributed by atoms with Crippen LogP contribution in [0, 0.1) is 18.3 Å². The second-order valence-electron chi connectivity index (χ2n) is 3.37. The van der Waals surface area contributed by atoms with Gasteiger partial charge in [-0.3, -0.25) is 0 Å². The van der Waals surface area contributed by atoms with Crippen molar-refractivity contribution in [2.24, 2.45) is 0 Å². The lowest BCUT2D eigenvalue weighted by Gasteiger charge is -1.99. The predicted molar refractivity (Wildman–Crippen MR) is 60.7 cm³/mol. The van der Waals surface area contributed by atoms with Crippen molar-refractivity contribution in [2.75, 3.05) is 0 Å². The molecule has 0 N–H and O–H groups in total. The summed E-state index contributed by atoms with van der Waals surface area (Å²) in [5.41, 5.74) is 1.97. The maximum absolute atomic E-state index is 8.97. The van der Waals surface area contributed by atoms with Crippen LogP contribution in [-0.4, -0.2) is 0 Å². The van der Waals surface area contributed by atoms with Crippen molar-refractivity contribution in [2.45, 2.75) is 20.3 Å². The highest BCUT2D eigenvalue weighted by Crippen LogP contribution is 2.28. The van der Waals surface area contributed by atoms with Crippen molar-refractivity contribution < 1.29 is 0 Å². The van der Waals surface area contributed by atoms with E-state index in [1.165, 1.54) is 15.0 Å². The molecular weight excluding hydrogens is 190 g/mol. The lowest BCUT2D eigenvalue weighted by atomic mass is 10.0. The monoisotopic (exact) mass is 201 g/mol. The predicted octanol–water partition coefficient (Wildman–Crippen LogP) is 3.64. The van der Waals surface area contributed by atoms with E-state index in [9.17, 15) is 0 Å². The summed E-state index contributed by atoms with van der Waals surface area (Å²) in [6.07, 6.45) is 0.924. The Bertz CT molecular complexity index is 517. The van der Waals surface area contributed by atoms with Gasteiger partial charge in [-0.05, 0) is 42.5 Å². The van der Waals surface area contributed by atoms with Crippen molar-refractivity contribution in [3.63, 3.8) is 0 Å². The number of hydrogen-bond acceptors (Lipinski definition) is 2. The van der Waals surface area contributed by atoms with Crippen LogP contribution in [0.3, 0.4) is 0 Å². The first-order chi connectivity index (χ1) is 6.74. The lowest BCUT2D eigenvalue weighted by Crippen LogP contribution is -1.85. The Kier molecular flexibility index (Phi) is 2.26. The Balaban J connectivity index is 2.76. The van der Waals surface area contributed by atoms with Gasteiger partial charge in [0.2, 0.25) is 0 Å². The Labute approximate surface area is 87.6 Å². The number of thiophene rings is 1. The summed E-state index contributed by atoms with van der Waals surface area (Å²) < 4.78 is 1.22. The minimum atomic E-state index is 0.821. The molecule has 0 aliphatic carbocycles. The molecule has 0 fully saturated rings. The molecule has 70 valence electrons. The number of rotatable bonds is 1. The van der Waals surface area contributed by atoms with Gasteiger partial charge in [0.05, 0.1) is 11.6 Å². The minimum absolute atomic E-state index is 0.821. The second kappa shape index (κ2) is 3.43. The Morgan fingerprint density at radius 1 is 1.36 bits per heavy atom. The summed E-state index contributed by atoms with van der Waals surface area (Å²) in [6, 6.07) is 8.58. The largest absolute Gasteiger partial charge is 0.192 e. The molecule has 2 rings (SSSR count). The van der Waals surface area contributed by atoms with E-state index < -0.39 is 0 Å². The molecule has 1 aromatic heterocycles. The number of benzene rings is 1. The molecule has 1 heterocycles. The second-order valence-corrected chi connectivity index (χ2v) is 4.66. The summed E-state index contributed by atoms with van der Waals surface area (Å²) in [5, 5.41) is 10.2. The summed E-state index contributed by atoms with van der Waals surface area (Å²) in [7, 11) is 0. The molecule has 0 spiro atoms. The van der Waals surface area contributed by atoms with Gasteiger partial charge in [-0.1, -0.05) is 6.92 Å². The van der Waals surface area contributed by atoms with Crippen LogP contribution < -0.4 is 0 Å². The summed E-state index contributed by atoms with van der Waals surface area (Å²) in [5.74, 6) is 0. The fourth-order valence-corrected chi connectivity index (χ4v) is 2.61. The van der Waals surface area contributed by atoms with Crippen molar-refractivity contribution >= 4 is 21.4 Å². The van der Waals surface area contributed by atoms with Crippen LogP contribution in [0.25, 0.3) is 10.1 Å². The van der Waals surface area contributed by atoms with Gasteiger partial charge in [0, 0.05) is 9.58 Å². The van der Waals surface area contributed by atoms with E-state index in [2.05, 4.69) is 32.0 Å². The van der Waals surface area contributed by atoms with Crippen LogP contribution in [0.2, 0.25) is 0 Å². The van der Waals surface area contributed by atoms with Crippen LogP contribution in [0.15, 0.2) is 18.2 Å². The zero-order valence-corrected chi connectivity index (χ0v) is 9.11. The molecule has 0 atom stereocenters. The van der Waals surface area contributed by atoms with Gasteiger partial charge in [0.15, 0.2) is 0 Å². The van der Waals surface area contributed by atoms with E-state index in [-0.39, 0.29) is 0 Å². The average Bonchev–Trinajstić information content (AvgIpc) is 2.54. The Hall–Kier alpha value is -1.33. The number of fused-ring (bicyclic) bond motifs is 1. The number of hydrogen-bond donors (Lipinski definition) is 0. The quantitative estimate of drug-likeness (QED) is 0.691. The molecule has 0 amide bonds. The summed E-state index contributed by atoms with van der Waals surface area (Å²) in [6.45, 7) is 4.18. The van der Waals surface area contributed by atoms with E-state index in [0.29, 0.717) is 0 Å². The van der Waals surface area contributed by atoms with E-state index in [4.69, 9.17) is 5.26 Å². The smallest absolute Gasteiger partial charge is 0.0995 e. The molecule has 14 heavy (non-hydrogen) atoms. The number of aryl methyl sites for hydroxylation is 2. The fraction of sp³-hybridized carbons (Fsp3) is 0.250. The zero-order valence-electron chi connectivity index (χ0n) is 8.29. The first-order valence-electron chi connectivity index (χ1n) is 4.67. The molecule has 0 bridgehead atoms. The molecular formula is C12H11NS. The van der Waals surface area contributed by atoms with Crippen molar-refractivity contribution in [3.05, 3.63) is 34.2 Å². The third-order valence-electron chi connectivity index (χ3n) is 2.37. The van der Waals surface area contributed by atoms with Gasteiger partial charge in [0.25, 0.3) is 0 Å². The molecule has 0 aliphatic heterocycles. The third-order valence-corrected chi connectivity index (χ3v) is 3.38. The highest BCUT2D eigenvalue weighted by molar-refractivity contribution is 7.19. The molecule has 1 aromatic carbocycles. The van der Waals surface area contributed by atoms with Crippen molar-refractivity contribution in [3.8, 4) is 6.07 Å². The first-order valence-corrected chi connectivity index (χ1v) is 5.49. The minimum Gasteiger partial charge on any atom is -0.192 e. The maximum atomic E-state index is 8.97. The third kappa shape index (κ3) is 1.40. The Morgan fingerprint density at radius 2 is 2.14 bits per heavy atom. The van der Waals surface area contributed by atoms with Crippen molar-refractivity contribution in [1.82, 2.24) is 0 Å². The lowest BCUT2D eigenvalue weighted by molar-refractivity contribution is 1.13. The Morgan fingerprint density at radius 3 is 2.79 bits per heavy atom. The molecule has 0 saturated heterocycles. The van der Waals surface area contributed by atoms with Crippen LogP contribution in [0.4, 0.5) is 0 Å². The van der Waals surface area contributed by atoms with Crippen LogP contribution >= 0.6 is 11.3 Å². The van der Waals surface area contributed by atoms with Gasteiger partial charge >= 0.3 is 0 Å². The normalized spacial score (nSPS) is 10.4. The van der Waals surface area contributed by atoms with Gasteiger partial charge in [-0.2, -0.15) is 5.26 Å². The van der Waals surface area contributed by atoms with E-state index in [1.807, 2.05) is 6.07 Å². The van der Waals surface area contributed by atoms with E-state index in [0.717, 1.165) is 17.5 Å². The zero-order chi connectivity index (χ0) is 10.1. The molecule has 1 nitrogen and oxygen atoms in total. The molecule has 2 aromatic rings. The molecule has 0 saturated carbocycles. The molecule has 0 aliphatic rings. The first kappa shape index (κ1) is 9.23. The van der Waals surface area contributed by atoms with Gasteiger partial charge in [-0.25, -0.2) is 0 Å². The maximum Gasteiger partial charge on any atom is 0.0995 e. The SMILES string of the molecule is CCc1cc2cc(C)sc2cc1C#N. The average molecular weight is 201 g/mol. The topological polar surface area (TPSA) is 23.8 Å². The summed E-state index contributed by atoms with van der Waals surface area (Å²) >= 11 is 1.75. The molecule has 0 radical (unpaired) electrons. The molecule has 2 heteroatoms. The van der Waals surface area contributed by atoms with Crippen LogP contribution in [-0.2, 0) is 6.42 Å². The van der Waals surface area contributed by atoms with Crippen molar-refractivity contribution in [1.29, 1.82) is 5.26 Å². The van der Waals surface area contributed by atoms with Crippen LogP contribution in [0.1, 0.15) is 22.9 Å². The summed E-state index contributed by atoms with van der Waals surface area (Å²) in [4.78, 5) is 1.30. The number of nitriles is 1.